The highest BCUT2D eigenvalue weighted by Crippen LogP contribution is 2.35. The van der Waals surface area contributed by atoms with Crippen LogP contribution in [0.1, 0.15) is 31.2 Å². The Balaban J connectivity index is 1.37. The van der Waals surface area contributed by atoms with Crippen LogP contribution in [0, 0.1) is 6.92 Å². The normalized spacial score (nSPS) is 16.9. The number of sulfonamides is 1. The van der Waals surface area contributed by atoms with Crippen molar-refractivity contribution in [3.05, 3.63) is 65.3 Å². The largest absolute Gasteiger partial charge is 0.460 e. The van der Waals surface area contributed by atoms with Crippen LogP contribution in [0.25, 0.3) is 22.2 Å². The van der Waals surface area contributed by atoms with Crippen molar-refractivity contribution >= 4 is 44.0 Å². The third kappa shape index (κ3) is 5.49. The average molecular weight is 580 g/mol. The Morgan fingerprint density at radius 2 is 1.80 bits per heavy atom. The Morgan fingerprint density at radius 1 is 1.05 bits per heavy atom. The zero-order valence-electron chi connectivity index (χ0n) is 22.1. The van der Waals surface area contributed by atoms with E-state index in [9.17, 15) is 8.42 Å². The molecule has 1 aliphatic heterocycles. The minimum Gasteiger partial charge on any atom is -0.460 e. The van der Waals surface area contributed by atoms with Gasteiger partial charge in [0.05, 0.1) is 34.3 Å². The van der Waals surface area contributed by atoms with Crippen LogP contribution >= 0.6 is 11.6 Å². The van der Waals surface area contributed by atoms with E-state index in [2.05, 4.69) is 10.3 Å². The van der Waals surface area contributed by atoms with Gasteiger partial charge < -0.3 is 14.8 Å². The minimum atomic E-state index is -3.58. The maximum Gasteiger partial charge on any atom is 0.319 e. The van der Waals surface area contributed by atoms with E-state index in [4.69, 9.17) is 31.0 Å². The van der Waals surface area contributed by atoms with Gasteiger partial charge in [0.2, 0.25) is 10.0 Å². The third-order valence-corrected chi connectivity index (χ3v) is 9.52. The Labute approximate surface area is 238 Å². The van der Waals surface area contributed by atoms with Gasteiger partial charge in [-0.3, -0.25) is 4.98 Å². The summed E-state index contributed by atoms with van der Waals surface area (Å²) in [4.78, 5) is 14.2. The van der Waals surface area contributed by atoms with E-state index in [0.717, 1.165) is 42.2 Å². The molecule has 11 heteroatoms. The summed E-state index contributed by atoms with van der Waals surface area (Å²) in [6.07, 6.45) is 6.02. The summed E-state index contributed by atoms with van der Waals surface area (Å²) in [5.74, 6) is 0.581. The summed E-state index contributed by atoms with van der Waals surface area (Å²) in [5.41, 5.74) is 3.87. The number of morpholine rings is 1. The summed E-state index contributed by atoms with van der Waals surface area (Å²) >= 11 is 6.46. The van der Waals surface area contributed by atoms with E-state index < -0.39 is 10.0 Å². The SMILES string of the molecule is Cc1cc(-c2ncccc2Cl)cc2nc(OC3CCCC3)nc(Nc3ccc(S(=O)(=O)N4CCOCC4)cc3)c12. The van der Waals surface area contributed by atoms with Crippen LogP contribution in [0.15, 0.2) is 59.6 Å². The lowest BCUT2D eigenvalue weighted by molar-refractivity contribution is 0.0730. The molecule has 2 aromatic carbocycles. The molecule has 1 saturated carbocycles. The van der Waals surface area contributed by atoms with Gasteiger partial charge in [-0.2, -0.15) is 14.3 Å². The molecule has 0 radical (unpaired) electrons. The van der Waals surface area contributed by atoms with Crippen molar-refractivity contribution in [2.24, 2.45) is 0 Å². The summed E-state index contributed by atoms with van der Waals surface area (Å²) < 4.78 is 39.1. The van der Waals surface area contributed by atoms with Crippen LogP contribution in [0.4, 0.5) is 11.5 Å². The van der Waals surface area contributed by atoms with E-state index >= 15 is 0 Å². The first-order valence-electron chi connectivity index (χ1n) is 13.4. The van der Waals surface area contributed by atoms with Crippen molar-refractivity contribution in [3.63, 3.8) is 0 Å². The molecule has 1 aliphatic carbocycles. The molecular formula is C29H30ClN5O4S. The van der Waals surface area contributed by atoms with Gasteiger partial charge in [0, 0.05) is 35.9 Å². The molecule has 0 spiro atoms. The van der Waals surface area contributed by atoms with E-state index in [1.807, 2.05) is 25.1 Å². The number of pyridine rings is 1. The molecule has 2 aromatic heterocycles. The summed E-state index contributed by atoms with van der Waals surface area (Å²) in [7, 11) is -3.58. The first kappa shape index (κ1) is 26.9. The smallest absolute Gasteiger partial charge is 0.319 e. The van der Waals surface area contributed by atoms with Crippen molar-refractivity contribution in [2.45, 2.75) is 43.6 Å². The summed E-state index contributed by atoms with van der Waals surface area (Å²) in [6, 6.07) is 14.6. The van der Waals surface area contributed by atoms with Crippen molar-refractivity contribution < 1.29 is 17.9 Å². The Kier molecular flexibility index (Phi) is 7.59. The second-order valence-corrected chi connectivity index (χ2v) is 12.4. The lowest BCUT2D eigenvalue weighted by Crippen LogP contribution is -2.40. The standard InChI is InChI=1S/C29H30ClN5O4S/c1-19-17-20(27-24(30)7-4-12-31-27)18-25-26(19)28(34-29(33-25)39-22-5-2-3-6-22)32-21-8-10-23(11-9-21)40(36,37)35-13-15-38-16-14-35/h4,7-12,17-18,22H,2-3,5-6,13-16H2,1H3,(H,32,33,34). The topological polar surface area (TPSA) is 107 Å². The highest BCUT2D eigenvalue weighted by Gasteiger charge is 2.26. The number of benzene rings is 2. The molecule has 6 rings (SSSR count). The zero-order chi connectivity index (χ0) is 27.7. The monoisotopic (exact) mass is 579 g/mol. The molecule has 0 amide bonds. The van der Waals surface area contributed by atoms with Gasteiger partial charge in [0.25, 0.3) is 0 Å². The van der Waals surface area contributed by atoms with Crippen LogP contribution in [0.3, 0.4) is 0 Å². The van der Waals surface area contributed by atoms with Gasteiger partial charge in [-0.25, -0.2) is 8.42 Å². The first-order chi connectivity index (χ1) is 19.4. The van der Waals surface area contributed by atoms with Crippen molar-refractivity contribution in [1.29, 1.82) is 0 Å². The quantitative estimate of drug-likeness (QED) is 0.295. The zero-order valence-corrected chi connectivity index (χ0v) is 23.7. The van der Waals surface area contributed by atoms with Crippen LogP contribution in [-0.2, 0) is 14.8 Å². The van der Waals surface area contributed by atoms with E-state index in [-0.39, 0.29) is 11.0 Å². The lowest BCUT2D eigenvalue weighted by atomic mass is 10.0. The van der Waals surface area contributed by atoms with Crippen molar-refractivity contribution in [1.82, 2.24) is 19.3 Å². The Hall–Kier alpha value is -3.31. The Bertz CT molecular complexity index is 1640. The van der Waals surface area contributed by atoms with Crippen LogP contribution < -0.4 is 10.1 Å². The number of aromatic nitrogens is 3. The number of hydrogen-bond donors (Lipinski definition) is 1. The predicted octanol–water partition coefficient (Wildman–Crippen LogP) is 5.74. The molecule has 0 unspecified atom stereocenters. The molecule has 0 atom stereocenters. The van der Waals surface area contributed by atoms with Gasteiger partial charge in [-0.1, -0.05) is 11.6 Å². The highest BCUT2D eigenvalue weighted by atomic mass is 35.5. The van der Waals surface area contributed by atoms with Crippen molar-refractivity contribution in [2.75, 3.05) is 31.6 Å². The number of anilines is 2. The fourth-order valence-electron chi connectivity index (χ4n) is 5.26. The number of nitrogens with zero attached hydrogens (tertiary/aromatic N) is 4. The average Bonchev–Trinajstić information content (AvgIpc) is 3.47. The number of nitrogens with one attached hydrogen (secondary N) is 1. The fraction of sp³-hybridized carbons (Fsp3) is 0.345. The highest BCUT2D eigenvalue weighted by molar-refractivity contribution is 7.89. The molecule has 4 aromatic rings. The maximum absolute atomic E-state index is 13.1. The minimum absolute atomic E-state index is 0.0875. The van der Waals surface area contributed by atoms with Crippen LogP contribution in [0.5, 0.6) is 6.01 Å². The number of hydrogen-bond acceptors (Lipinski definition) is 8. The summed E-state index contributed by atoms with van der Waals surface area (Å²) in [6.45, 7) is 3.50. The molecule has 9 nitrogen and oxygen atoms in total. The number of ether oxygens (including phenoxy) is 2. The first-order valence-corrected chi connectivity index (χ1v) is 15.3. The van der Waals surface area contributed by atoms with Crippen molar-refractivity contribution in [3.8, 4) is 17.3 Å². The molecule has 40 heavy (non-hydrogen) atoms. The Morgan fingerprint density at radius 3 is 2.52 bits per heavy atom. The molecule has 0 bridgehead atoms. The van der Waals surface area contributed by atoms with Gasteiger partial charge in [0.15, 0.2) is 0 Å². The number of rotatable bonds is 7. The predicted molar refractivity (Wildman–Crippen MR) is 155 cm³/mol. The molecule has 2 aliphatic rings. The van der Waals surface area contributed by atoms with E-state index in [0.29, 0.717) is 60.1 Å². The van der Waals surface area contributed by atoms with Gasteiger partial charge in [0.1, 0.15) is 11.9 Å². The van der Waals surface area contributed by atoms with Crippen LogP contribution in [0.2, 0.25) is 5.02 Å². The second kappa shape index (κ2) is 11.3. The fourth-order valence-corrected chi connectivity index (χ4v) is 6.90. The van der Waals surface area contributed by atoms with Gasteiger partial charge in [-0.15, -0.1) is 0 Å². The number of fused-ring (bicyclic) bond motifs is 1. The molecular weight excluding hydrogens is 550 g/mol. The second-order valence-electron chi connectivity index (χ2n) is 10.1. The maximum atomic E-state index is 13.1. The van der Waals surface area contributed by atoms with Gasteiger partial charge >= 0.3 is 6.01 Å². The van der Waals surface area contributed by atoms with E-state index in [1.54, 1.807) is 36.5 Å². The lowest BCUT2D eigenvalue weighted by Gasteiger charge is -2.26. The number of halogens is 1. The summed E-state index contributed by atoms with van der Waals surface area (Å²) in [5, 5.41) is 4.77. The van der Waals surface area contributed by atoms with E-state index in [1.165, 1.54) is 4.31 Å². The molecule has 208 valence electrons. The molecule has 1 N–H and O–H groups in total. The molecule has 3 heterocycles. The molecule has 2 fully saturated rings. The van der Waals surface area contributed by atoms with Gasteiger partial charge in [-0.05, 0) is 86.7 Å². The third-order valence-electron chi connectivity index (χ3n) is 7.31. The van der Waals surface area contributed by atoms with Crippen LogP contribution in [-0.4, -0.2) is 60.1 Å². The molecule has 1 saturated heterocycles. The number of aryl methyl sites for hydroxylation is 1.